The number of carbonyl (C=O) groups excluding carboxylic acids is 3. The van der Waals surface area contributed by atoms with Gasteiger partial charge in [0.2, 0.25) is 5.91 Å². The predicted molar refractivity (Wildman–Crippen MR) is 76.5 cm³/mol. The van der Waals surface area contributed by atoms with Crippen LogP contribution in [0, 0.1) is 0 Å². The number of primary amides is 1. The Morgan fingerprint density at radius 2 is 1.81 bits per heavy atom. The highest BCUT2D eigenvalue weighted by Crippen LogP contribution is 2.31. The molecule has 1 aliphatic rings. The second-order valence-corrected chi connectivity index (χ2v) is 4.68. The Balaban J connectivity index is 2.21. The minimum Gasteiger partial charge on any atom is -0.386 e. The van der Waals surface area contributed by atoms with Crippen molar-refractivity contribution in [2.24, 2.45) is 5.73 Å². The Morgan fingerprint density at radius 1 is 1.10 bits per heavy atom. The van der Waals surface area contributed by atoms with Gasteiger partial charge in [0.25, 0.3) is 0 Å². The van der Waals surface area contributed by atoms with Crippen molar-refractivity contribution < 1.29 is 19.1 Å². The molecule has 5 heteroatoms. The summed E-state index contributed by atoms with van der Waals surface area (Å²) in [6, 6.07) is 8.53. The first-order chi connectivity index (χ1) is 10.1. The zero-order chi connectivity index (χ0) is 15.0. The molecule has 0 spiro atoms. The van der Waals surface area contributed by atoms with Crippen LogP contribution in [0.25, 0.3) is 16.8 Å². The lowest BCUT2D eigenvalue weighted by atomic mass is 9.93. The van der Waals surface area contributed by atoms with Gasteiger partial charge in [-0.25, -0.2) is 9.59 Å². The summed E-state index contributed by atoms with van der Waals surface area (Å²) < 4.78 is 4.70. The highest BCUT2D eigenvalue weighted by molar-refractivity contribution is 6.21. The first kappa shape index (κ1) is 13.1. The highest BCUT2D eigenvalue weighted by Gasteiger charge is 2.27. The third-order valence-corrected chi connectivity index (χ3v) is 3.32. The van der Waals surface area contributed by atoms with E-state index in [1.165, 1.54) is 0 Å². The van der Waals surface area contributed by atoms with Gasteiger partial charge in [0.1, 0.15) is 0 Å². The van der Waals surface area contributed by atoms with Gasteiger partial charge in [0.15, 0.2) is 0 Å². The zero-order valence-corrected chi connectivity index (χ0v) is 11.0. The average molecular weight is 281 g/mol. The van der Waals surface area contributed by atoms with E-state index in [4.69, 9.17) is 10.5 Å². The van der Waals surface area contributed by atoms with Crippen molar-refractivity contribution in [1.29, 1.82) is 0 Å². The summed E-state index contributed by atoms with van der Waals surface area (Å²) in [5.74, 6) is -1.71. The summed E-state index contributed by atoms with van der Waals surface area (Å²) in [5, 5.41) is 1.34. The molecule has 0 saturated heterocycles. The molecule has 0 aromatic heterocycles. The van der Waals surface area contributed by atoms with E-state index >= 15 is 0 Å². The standard InChI is InChI=1S/C16H11NO4/c17-13(18)6-1-3-9-7-8-12-14-10(9)4-2-5-11(14)15(19)21-16(12)20/h1-5,7-8H,6H2,(H2,17,18). The van der Waals surface area contributed by atoms with E-state index in [1.807, 2.05) is 6.07 Å². The van der Waals surface area contributed by atoms with Gasteiger partial charge in [-0.2, -0.15) is 0 Å². The molecule has 21 heavy (non-hydrogen) atoms. The average Bonchev–Trinajstić information content (AvgIpc) is 2.45. The van der Waals surface area contributed by atoms with Crippen LogP contribution in [-0.4, -0.2) is 17.8 Å². The quantitative estimate of drug-likeness (QED) is 0.689. The molecule has 5 nitrogen and oxygen atoms in total. The van der Waals surface area contributed by atoms with Crippen molar-refractivity contribution in [3.8, 4) is 0 Å². The van der Waals surface area contributed by atoms with Gasteiger partial charge >= 0.3 is 11.9 Å². The van der Waals surface area contributed by atoms with Crippen LogP contribution in [0.15, 0.2) is 36.4 Å². The molecule has 0 fully saturated rings. The second kappa shape index (κ2) is 4.86. The summed E-state index contributed by atoms with van der Waals surface area (Å²) in [4.78, 5) is 34.3. The van der Waals surface area contributed by atoms with Crippen molar-refractivity contribution in [3.05, 3.63) is 53.1 Å². The monoisotopic (exact) mass is 281 g/mol. The van der Waals surface area contributed by atoms with Crippen LogP contribution >= 0.6 is 0 Å². The minimum atomic E-state index is -0.642. The molecule has 2 N–H and O–H groups in total. The van der Waals surface area contributed by atoms with Gasteiger partial charge in [0, 0.05) is 11.8 Å². The SMILES string of the molecule is NC(=O)CC=Cc1ccc2c3c(cccc13)C(=O)OC2=O. The number of nitrogens with two attached hydrogens (primary N) is 1. The van der Waals surface area contributed by atoms with Crippen molar-refractivity contribution in [2.45, 2.75) is 6.42 Å². The minimum absolute atomic E-state index is 0.129. The largest absolute Gasteiger partial charge is 0.386 e. The van der Waals surface area contributed by atoms with Crippen molar-refractivity contribution in [3.63, 3.8) is 0 Å². The van der Waals surface area contributed by atoms with Gasteiger partial charge in [0.05, 0.1) is 11.1 Å². The van der Waals surface area contributed by atoms with Crippen LogP contribution < -0.4 is 5.73 Å². The molecule has 104 valence electrons. The Hall–Kier alpha value is -2.95. The molecule has 0 unspecified atom stereocenters. The summed E-state index contributed by atoms with van der Waals surface area (Å²) in [5.41, 5.74) is 6.63. The number of hydrogen-bond acceptors (Lipinski definition) is 4. The van der Waals surface area contributed by atoms with Crippen molar-refractivity contribution in [2.75, 3.05) is 0 Å². The number of amides is 1. The van der Waals surface area contributed by atoms with Gasteiger partial charge in [-0.05, 0) is 23.1 Å². The number of cyclic esters (lactones) is 2. The van der Waals surface area contributed by atoms with E-state index < -0.39 is 17.8 Å². The molecule has 1 amide bonds. The second-order valence-electron chi connectivity index (χ2n) is 4.68. The number of benzene rings is 2. The van der Waals surface area contributed by atoms with E-state index in [0.29, 0.717) is 16.5 Å². The smallest absolute Gasteiger partial charge is 0.346 e. The fraction of sp³-hybridized carbons (Fsp3) is 0.0625. The highest BCUT2D eigenvalue weighted by atomic mass is 16.6. The lowest BCUT2D eigenvalue weighted by molar-refractivity contribution is -0.117. The Labute approximate surface area is 120 Å². The maximum Gasteiger partial charge on any atom is 0.346 e. The lowest BCUT2D eigenvalue weighted by Gasteiger charge is -2.16. The van der Waals surface area contributed by atoms with E-state index in [-0.39, 0.29) is 6.42 Å². The summed E-state index contributed by atoms with van der Waals surface area (Å²) in [7, 11) is 0. The van der Waals surface area contributed by atoms with Crippen LogP contribution in [0.4, 0.5) is 0 Å². The number of esters is 2. The summed E-state index contributed by atoms with van der Waals surface area (Å²) >= 11 is 0. The maximum absolute atomic E-state index is 11.8. The van der Waals surface area contributed by atoms with Crippen LogP contribution in [0.3, 0.4) is 0 Å². The maximum atomic E-state index is 11.8. The molecule has 0 saturated carbocycles. The molecule has 2 aromatic carbocycles. The molecular formula is C16H11NO4. The Bertz CT molecular complexity index is 800. The number of rotatable bonds is 3. The summed E-state index contributed by atoms with van der Waals surface area (Å²) in [6.07, 6.45) is 3.53. The van der Waals surface area contributed by atoms with Gasteiger partial charge in [-0.15, -0.1) is 0 Å². The van der Waals surface area contributed by atoms with Gasteiger partial charge in [-0.3, -0.25) is 4.79 Å². The number of hydrogen-bond donors (Lipinski definition) is 1. The predicted octanol–water partition coefficient (Wildman–Crippen LogP) is 2.04. The first-order valence-electron chi connectivity index (χ1n) is 6.35. The number of ether oxygens (including phenoxy) is 1. The molecule has 0 radical (unpaired) electrons. The van der Waals surface area contributed by atoms with Crippen molar-refractivity contribution in [1.82, 2.24) is 0 Å². The van der Waals surface area contributed by atoms with Gasteiger partial charge < -0.3 is 10.5 Å². The number of carbonyl (C=O) groups is 3. The molecule has 3 rings (SSSR count). The first-order valence-corrected chi connectivity index (χ1v) is 6.35. The van der Waals surface area contributed by atoms with Crippen LogP contribution in [0.5, 0.6) is 0 Å². The fourth-order valence-corrected chi connectivity index (χ4v) is 2.41. The Morgan fingerprint density at radius 3 is 2.52 bits per heavy atom. The van der Waals surface area contributed by atoms with Gasteiger partial charge in [-0.1, -0.05) is 30.4 Å². The van der Waals surface area contributed by atoms with Crippen molar-refractivity contribution >= 4 is 34.7 Å². The van der Waals surface area contributed by atoms with E-state index in [0.717, 1.165) is 10.9 Å². The molecule has 0 aliphatic carbocycles. The van der Waals surface area contributed by atoms with Crippen LogP contribution in [-0.2, 0) is 9.53 Å². The zero-order valence-electron chi connectivity index (χ0n) is 11.0. The van der Waals surface area contributed by atoms with E-state index in [2.05, 4.69) is 0 Å². The molecular weight excluding hydrogens is 270 g/mol. The van der Waals surface area contributed by atoms with E-state index in [1.54, 1.807) is 36.4 Å². The van der Waals surface area contributed by atoms with Crippen LogP contribution in [0.2, 0.25) is 0 Å². The third kappa shape index (κ3) is 2.18. The Kier molecular flexibility index (Phi) is 3.02. The molecule has 1 heterocycles. The molecule has 2 aromatic rings. The van der Waals surface area contributed by atoms with Crippen LogP contribution in [0.1, 0.15) is 32.7 Å². The summed E-state index contributed by atoms with van der Waals surface area (Å²) in [6.45, 7) is 0. The molecule has 0 bridgehead atoms. The third-order valence-electron chi connectivity index (χ3n) is 3.32. The molecule has 1 aliphatic heterocycles. The lowest BCUT2D eigenvalue weighted by Crippen LogP contribution is -2.19. The molecule has 0 atom stereocenters. The topological polar surface area (TPSA) is 86.5 Å². The van der Waals surface area contributed by atoms with E-state index in [9.17, 15) is 14.4 Å². The normalized spacial score (nSPS) is 13.7. The fourth-order valence-electron chi connectivity index (χ4n) is 2.41.